The molecule has 2 aromatic carbocycles. The van der Waals surface area contributed by atoms with Gasteiger partial charge in [-0.05, 0) is 36.4 Å². The molecule has 1 amide bonds. The average Bonchev–Trinajstić information content (AvgIpc) is 2.67. The lowest BCUT2D eigenvalue weighted by Gasteiger charge is -2.07. The molecule has 7 heteroatoms. The maximum absolute atomic E-state index is 12.1. The van der Waals surface area contributed by atoms with Gasteiger partial charge in [-0.2, -0.15) is 0 Å². The number of nitrogens with zero attached hydrogens (tertiary/aromatic N) is 2. The van der Waals surface area contributed by atoms with Crippen LogP contribution in [0.3, 0.4) is 0 Å². The van der Waals surface area contributed by atoms with Crippen molar-refractivity contribution in [2.75, 3.05) is 18.2 Å². The molecule has 0 aliphatic carbocycles. The van der Waals surface area contributed by atoms with Crippen LogP contribution in [-0.4, -0.2) is 29.0 Å². The number of benzene rings is 2. The van der Waals surface area contributed by atoms with Crippen molar-refractivity contribution in [2.24, 2.45) is 0 Å². The van der Waals surface area contributed by atoms with Crippen molar-refractivity contribution in [2.45, 2.75) is 5.03 Å². The molecule has 0 saturated carbocycles. The maximum Gasteiger partial charge on any atom is 0.234 e. The summed E-state index contributed by atoms with van der Waals surface area (Å²) in [7, 11) is 1.59. The molecule has 0 fully saturated rings. The van der Waals surface area contributed by atoms with Gasteiger partial charge < -0.3 is 10.1 Å². The second-order valence-electron chi connectivity index (χ2n) is 5.33. The van der Waals surface area contributed by atoms with Crippen LogP contribution in [0, 0.1) is 0 Å². The van der Waals surface area contributed by atoms with E-state index < -0.39 is 0 Å². The van der Waals surface area contributed by atoms with E-state index >= 15 is 0 Å². The Bertz CT molecular complexity index is 886. The maximum atomic E-state index is 12.1. The Balaban J connectivity index is 1.55. The highest BCUT2D eigenvalue weighted by molar-refractivity contribution is 9.10. The Morgan fingerprint density at radius 1 is 1.12 bits per heavy atom. The average molecular weight is 430 g/mol. The lowest BCUT2D eigenvalue weighted by Crippen LogP contribution is -2.14. The zero-order valence-corrected chi connectivity index (χ0v) is 16.4. The standard InChI is InChI=1S/C19H16BrN3O2S/c1-25-16-4-2-3-15(11-16)21-18(24)12-26-19-10-9-17(22-23-19)13-5-7-14(20)8-6-13/h2-11H,12H2,1H3,(H,21,24). The number of carbonyl (C=O) groups is 1. The van der Waals surface area contributed by atoms with E-state index in [2.05, 4.69) is 31.4 Å². The minimum absolute atomic E-state index is 0.109. The van der Waals surface area contributed by atoms with Crippen LogP contribution < -0.4 is 10.1 Å². The monoisotopic (exact) mass is 429 g/mol. The van der Waals surface area contributed by atoms with Crippen molar-refractivity contribution in [3.05, 3.63) is 65.1 Å². The molecular formula is C19H16BrN3O2S. The van der Waals surface area contributed by atoms with Crippen LogP contribution in [0.1, 0.15) is 0 Å². The predicted octanol–water partition coefficient (Wildman–Crippen LogP) is 4.65. The van der Waals surface area contributed by atoms with Crippen LogP contribution >= 0.6 is 27.7 Å². The van der Waals surface area contributed by atoms with E-state index in [9.17, 15) is 4.79 Å². The summed E-state index contributed by atoms with van der Waals surface area (Å²) in [6, 6.07) is 18.9. The molecule has 0 aliphatic heterocycles. The molecule has 3 rings (SSSR count). The SMILES string of the molecule is COc1cccc(NC(=O)CSc2ccc(-c3ccc(Br)cc3)nn2)c1. The lowest BCUT2D eigenvalue weighted by molar-refractivity contribution is -0.113. The van der Waals surface area contributed by atoms with Gasteiger partial charge in [-0.15, -0.1) is 10.2 Å². The van der Waals surface area contributed by atoms with Crippen LogP contribution in [0.4, 0.5) is 5.69 Å². The highest BCUT2D eigenvalue weighted by atomic mass is 79.9. The number of rotatable bonds is 6. The van der Waals surface area contributed by atoms with Gasteiger partial charge in [0.05, 0.1) is 18.6 Å². The fourth-order valence-electron chi connectivity index (χ4n) is 2.21. The quantitative estimate of drug-likeness (QED) is 0.577. The third kappa shape index (κ3) is 5.06. The minimum atomic E-state index is -0.109. The van der Waals surface area contributed by atoms with Crippen LogP contribution in [0.15, 0.2) is 70.2 Å². The molecule has 0 unspecified atom stereocenters. The van der Waals surface area contributed by atoms with Crippen molar-refractivity contribution >= 4 is 39.3 Å². The zero-order valence-electron chi connectivity index (χ0n) is 14.0. The van der Waals surface area contributed by atoms with Crippen LogP contribution in [0.2, 0.25) is 0 Å². The van der Waals surface area contributed by atoms with E-state index in [4.69, 9.17) is 4.74 Å². The molecule has 0 aliphatic rings. The number of carbonyl (C=O) groups excluding carboxylic acids is 1. The first kappa shape index (κ1) is 18.4. The summed E-state index contributed by atoms with van der Waals surface area (Å²) in [5.41, 5.74) is 2.49. The third-order valence-electron chi connectivity index (χ3n) is 3.48. The number of ether oxygens (including phenoxy) is 1. The van der Waals surface area contributed by atoms with Crippen LogP contribution in [0.5, 0.6) is 5.75 Å². The Labute approximate surface area is 164 Å². The van der Waals surface area contributed by atoms with E-state index in [1.54, 1.807) is 13.2 Å². The summed E-state index contributed by atoms with van der Waals surface area (Å²) in [5.74, 6) is 0.843. The minimum Gasteiger partial charge on any atom is -0.497 e. The van der Waals surface area contributed by atoms with Gasteiger partial charge >= 0.3 is 0 Å². The van der Waals surface area contributed by atoms with Crippen LogP contribution in [0.25, 0.3) is 11.3 Å². The normalized spacial score (nSPS) is 10.4. The second-order valence-corrected chi connectivity index (χ2v) is 7.24. The molecule has 26 heavy (non-hydrogen) atoms. The summed E-state index contributed by atoms with van der Waals surface area (Å²) >= 11 is 4.75. The van der Waals surface area contributed by atoms with E-state index in [0.717, 1.165) is 15.7 Å². The molecule has 0 radical (unpaired) electrons. The predicted molar refractivity (Wildman–Crippen MR) is 108 cm³/mol. The Morgan fingerprint density at radius 2 is 1.92 bits per heavy atom. The van der Waals surface area contributed by atoms with Gasteiger partial charge in [0.2, 0.25) is 5.91 Å². The number of halogens is 1. The number of thioether (sulfide) groups is 1. The number of nitrogens with one attached hydrogen (secondary N) is 1. The fraction of sp³-hybridized carbons (Fsp3) is 0.105. The van der Waals surface area contributed by atoms with Gasteiger partial charge in [-0.1, -0.05) is 45.9 Å². The molecule has 0 saturated heterocycles. The van der Waals surface area contributed by atoms with Crippen LogP contribution in [-0.2, 0) is 4.79 Å². The van der Waals surface area contributed by atoms with Crippen molar-refractivity contribution in [3.8, 4) is 17.0 Å². The van der Waals surface area contributed by atoms with Gasteiger partial charge in [0.15, 0.2) is 0 Å². The van der Waals surface area contributed by atoms with Crippen molar-refractivity contribution in [1.29, 1.82) is 0 Å². The molecule has 0 bridgehead atoms. The number of methoxy groups -OCH3 is 1. The Kier molecular flexibility index (Phi) is 6.25. The number of hydrogen-bond acceptors (Lipinski definition) is 5. The van der Waals surface area contributed by atoms with E-state index in [-0.39, 0.29) is 11.7 Å². The van der Waals surface area contributed by atoms with Gasteiger partial charge in [0, 0.05) is 21.8 Å². The summed E-state index contributed by atoms with van der Waals surface area (Å²) in [5, 5.41) is 12.0. The first-order valence-electron chi connectivity index (χ1n) is 7.80. The first-order chi connectivity index (χ1) is 12.6. The van der Waals surface area contributed by atoms with Gasteiger partial charge in [0.1, 0.15) is 10.8 Å². The number of aromatic nitrogens is 2. The molecule has 132 valence electrons. The first-order valence-corrected chi connectivity index (χ1v) is 9.58. The number of amides is 1. The second kappa shape index (κ2) is 8.82. The Morgan fingerprint density at radius 3 is 2.62 bits per heavy atom. The fourth-order valence-corrected chi connectivity index (χ4v) is 3.09. The summed E-state index contributed by atoms with van der Waals surface area (Å²) in [4.78, 5) is 12.1. The number of anilines is 1. The smallest absolute Gasteiger partial charge is 0.234 e. The molecule has 5 nitrogen and oxygen atoms in total. The van der Waals surface area contributed by atoms with Gasteiger partial charge in [-0.25, -0.2) is 0 Å². The highest BCUT2D eigenvalue weighted by Gasteiger charge is 2.07. The highest BCUT2D eigenvalue weighted by Crippen LogP contribution is 2.22. The zero-order chi connectivity index (χ0) is 18.4. The van der Waals surface area contributed by atoms with Gasteiger partial charge in [-0.3, -0.25) is 4.79 Å². The topological polar surface area (TPSA) is 64.1 Å². The molecule has 1 heterocycles. The van der Waals surface area contributed by atoms with Crippen molar-refractivity contribution in [1.82, 2.24) is 10.2 Å². The van der Waals surface area contributed by atoms with Gasteiger partial charge in [0.25, 0.3) is 0 Å². The molecule has 0 atom stereocenters. The molecule has 0 spiro atoms. The van der Waals surface area contributed by atoms with Crippen molar-refractivity contribution < 1.29 is 9.53 Å². The van der Waals surface area contributed by atoms with E-state index in [1.165, 1.54) is 11.8 Å². The molecular weight excluding hydrogens is 414 g/mol. The van der Waals surface area contributed by atoms with E-state index in [0.29, 0.717) is 16.5 Å². The molecule has 1 aromatic heterocycles. The largest absolute Gasteiger partial charge is 0.497 e. The van der Waals surface area contributed by atoms with Crippen molar-refractivity contribution in [3.63, 3.8) is 0 Å². The third-order valence-corrected chi connectivity index (χ3v) is 4.93. The lowest BCUT2D eigenvalue weighted by atomic mass is 10.1. The summed E-state index contributed by atoms with van der Waals surface area (Å²) in [6.07, 6.45) is 0. The van der Waals surface area contributed by atoms with E-state index in [1.807, 2.05) is 54.6 Å². The number of hydrogen-bond donors (Lipinski definition) is 1. The summed E-state index contributed by atoms with van der Waals surface area (Å²) < 4.78 is 6.16. The molecule has 1 N–H and O–H groups in total. The molecule has 3 aromatic rings. The Hall–Kier alpha value is -2.38. The summed E-state index contributed by atoms with van der Waals surface area (Å²) in [6.45, 7) is 0.